The van der Waals surface area contributed by atoms with Crippen molar-refractivity contribution in [1.82, 2.24) is 5.32 Å². The van der Waals surface area contributed by atoms with Crippen LogP contribution in [-0.2, 0) is 14.3 Å². The number of nitro benzene ring substituents is 1. The van der Waals surface area contributed by atoms with E-state index in [0.717, 1.165) is 0 Å². The molecule has 22 heavy (non-hydrogen) atoms. The number of benzene rings is 1. The topological polar surface area (TPSA) is 108 Å². The van der Waals surface area contributed by atoms with Gasteiger partial charge >= 0.3 is 5.97 Å². The van der Waals surface area contributed by atoms with Crippen LogP contribution in [0.3, 0.4) is 0 Å². The van der Waals surface area contributed by atoms with E-state index in [-0.39, 0.29) is 18.1 Å². The average Bonchev–Trinajstić information content (AvgIpc) is 2.43. The number of esters is 1. The molecule has 0 fully saturated rings. The van der Waals surface area contributed by atoms with E-state index >= 15 is 0 Å². The molecule has 0 aromatic heterocycles. The van der Waals surface area contributed by atoms with Crippen molar-refractivity contribution in [2.75, 3.05) is 6.54 Å². The quantitative estimate of drug-likeness (QED) is 0.463. The fourth-order valence-electron chi connectivity index (χ4n) is 1.70. The zero-order valence-corrected chi connectivity index (χ0v) is 12.6. The molecule has 0 bridgehead atoms. The van der Waals surface area contributed by atoms with Gasteiger partial charge in [-0.1, -0.05) is 0 Å². The molecule has 2 unspecified atom stereocenters. The minimum Gasteiger partial charge on any atom is -0.487 e. The second kappa shape index (κ2) is 7.96. The van der Waals surface area contributed by atoms with E-state index in [4.69, 9.17) is 9.47 Å². The number of nitro groups is 1. The van der Waals surface area contributed by atoms with Crippen LogP contribution >= 0.6 is 0 Å². The van der Waals surface area contributed by atoms with Crippen LogP contribution in [0.15, 0.2) is 24.3 Å². The van der Waals surface area contributed by atoms with Gasteiger partial charge in [0.05, 0.1) is 11.5 Å². The number of non-ortho nitro benzene ring substituents is 1. The lowest BCUT2D eigenvalue weighted by molar-refractivity contribution is -0.384. The van der Waals surface area contributed by atoms with E-state index in [1.165, 1.54) is 38.1 Å². The van der Waals surface area contributed by atoms with E-state index in [0.29, 0.717) is 5.75 Å². The van der Waals surface area contributed by atoms with Crippen molar-refractivity contribution in [3.63, 3.8) is 0 Å². The second-order valence-corrected chi connectivity index (χ2v) is 4.66. The van der Waals surface area contributed by atoms with Crippen LogP contribution < -0.4 is 10.1 Å². The molecule has 0 heterocycles. The van der Waals surface area contributed by atoms with Gasteiger partial charge in [0.2, 0.25) is 5.91 Å². The van der Waals surface area contributed by atoms with Gasteiger partial charge in [-0.2, -0.15) is 0 Å². The first-order valence-electron chi connectivity index (χ1n) is 6.62. The van der Waals surface area contributed by atoms with Gasteiger partial charge in [0.15, 0.2) is 6.10 Å². The summed E-state index contributed by atoms with van der Waals surface area (Å²) >= 11 is 0. The molecule has 8 nitrogen and oxygen atoms in total. The summed E-state index contributed by atoms with van der Waals surface area (Å²) in [7, 11) is 0. The molecule has 1 N–H and O–H groups in total. The highest BCUT2D eigenvalue weighted by Gasteiger charge is 2.22. The summed E-state index contributed by atoms with van der Waals surface area (Å²) in [6, 6.07) is 5.54. The number of hydrogen-bond donors (Lipinski definition) is 1. The smallest absolute Gasteiger partial charge is 0.303 e. The molecule has 0 spiro atoms. The van der Waals surface area contributed by atoms with Crippen molar-refractivity contribution in [1.29, 1.82) is 0 Å². The van der Waals surface area contributed by atoms with Crippen molar-refractivity contribution in [3.8, 4) is 5.75 Å². The van der Waals surface area contributed by atoms with Gasteiger partial charge in [0.25, 0.3) is 5.69 Å². The molecule has 1 rings (SSSR count). The summed E-state index contributed by atoms with van der Waals surface area (Å²) in [5.74, 6) is -0.340. The molecular weight excluding hydrogens is 292 g/mol. The standard InChI is InChI=1S/C14H18N2O6/c1-9(14(22-11(3)18)8-15-10(2)17)21-13-6-4-12(5-7-13)16(19)20/h4-7,9,14H,8H2,1-3H3,(H,15,17). The summed E-state index contributed by atoms with van der Waals surface area (Å²) in [5, 5.41) is 13.1. The van der Waals surface area contributed by atoms with E-state index in [2.05, 4.69) is 5.32 Å². The van der Waals surface area contributed by atoms with E-state index in [9.17, 15) is 19.7 Å². The molecule has 1 aromatic carbocycles. The molecule has 0 aliphatic heterocycles. The number of carbonyl (C=O) groups excluding carboxylic acids is 2. The molecule has 1 amide bonds. The normalized spacial score (nSPS) is 12.9. The summed E-state index contributed by atoms with van der Waals surface area (Å²) in [4.78, 5) is 32.1. The molecule has 8 heteroatoms. The van der Waals surface area contributed by atoms with Crippen molar-refractivity contribution in [3.05, 3.63) is 34.4 Å². The van der Waals surface area contributed by atoms with E-state index < -0.39 is 23.1 Å². The molecule has 1 aromatic rings. The van der Waals surface area contributed by atoms with Gasteiger partial charge in [0, 0.05) is 26.0 Å². The number of nitrogens with zero attached hydrogens (tertiary/aromatic N) is 1. The van der Waals surface area contributed by atoms with E-state index in [1.54, 1.807) is 6.92 Å². The number of rotatable bonds is 7. The van der Waals surface area contributed by atoms with Crippen molar-refractivity contribution in [2.45, 2.75) is 33.0 Å². The maximum absolute atomic E-state index is 11.1. The number of nitrogens with one attached hydrogen (secondary N) is 1. The Bertz CT molecular complexity index is 543. The number of carbonyl (C=O) groups is 2. The monoisotopic (exact) mass is 310 g/mol. The third kappa shape index (κ3) is 5.78. The SMILES string of the molecule is CC(=O)NCC(OC(C)=O)C(C)Oc1ccc([N+](=O)[O-])cc1. The summed E-state index contributed by atoms with van der Waals surface area (Å²) in [6.07, 6.45) is -1.21. The average molecular weight is 310 g/mol. The van der Waals surface area contributed by atoms with Gasteiger partial charge < -0.3 is 14.8 Å². The van der Waals surface area contributed by atoms with Gasteiger partial charge in [-0.25, -0.2) is 0 Å². The van der Waals surface area contributed by atoms with Gasteiger partial charge in [-0.3, -0.25) is 19.7 Å². The Morgan fingerprint density at radius 2 is 1.86 bits per heavy atom. The fourth-order valence-corrected chi connectivity index (χ4v) is 1.70. The molecule has 0 saturated carbocycles. The van der Waals surface area contributed by atoms with Gasteiger partial charge in [0.1, 0.15) is 11.9 Å². The highest BCUT2D eigenvalue weighted by molar-refractivity contribution is 5.73. The largest absolute Gasteiger partial charge is 0.487 e. The molecule has 0 saturated heterocycles. The first kappa shape index (κ1) is 17.4. The fraction of sp³-hybridized carbons (Fsp3) is 0.429. The Morgan fingerprint density at radius 3 is 2.32 bits per heavy atom. The van der Waals surface area contributed by atoms with Crippen LogP contribution in [0.5, 0.6) is 5.75 Å². The zero-order chi connectivity index (χ0) is 16.7. The molecule has 0 aliphatic rings. The molecule has 0 radical (unpaired) electrons. The van der Waals surface area contributed by atoms with Crippen LogP contribution in [-0.4, -0.2) is 35.6 Å². The Balaban J connectivity index is 2.71. The van der Waals surface area contributed by atoms with Crippen LogP contribution in [0, 0.1) is 10.1 Å². The van der Waals surface area contributed by atoms with Crippen molar-refractivity contribution >= 4 is 17.6 Å². The van der Waals surface area contributed by atoms with Crippen LogP contribution in [0.25, 0.3) is 0 Å². The van der Waals surface area contributed by atoms with Crippen molar-refractivity contribution in [2.24, 2.45) is 0 Å². The minimum absolute atomic E-state index is 0.0465. The molecule has 120 valence electrons. The zero-order valence-electron chi connectivity index (χ0n) is 12.6. The second-order valence-electron chi connectivity index (χ2n) is 4.66. The van der Waals surface area contributed by atoms with Crippen LogP contribution in [0.1, 0.15) is 20.8 Å². The van der Waals surface area contributed by atoms with Crippen LogP contribution in [0.4, 0.5) is 5.69 Å². The summed E-state index contributed by atoms with van der Waals surface area (Å²) in [6.45, 7) is 4.41. The molecule has 0 aliphatic carbocycles. The highest BCUT2D eigenvalue weighted by atomic mass is 16.6. The lowest BCUT2D eigenvalue weighted by atomic mass is 10.2. The number of amides is 1. The molecular formula is C14H18N2O6. The predicted molar refractivity (Wildman–Crippen MR) is 77.4 cm³/mol. The minimum atomic E-state index is -0.670. The lowest BCUT2D eigenvalue weighted by Gasteiger charge is -2.24. The number of ether oxygens (including phenoxy) is 2. The Labute approximate surface area is 127 Å². The third-order valence-electron chi connectivity index (χ3n) is 2.76. The summed E-state index contributed by atoms with van der Waals surface area (Å²) < 4.78 is 10.7. The Hall–Kier alpha value is -2.64. The lowest BCUT2D eigenvalue weighted by Crippen LogP contribution is -2.42. The first-order valence-corrected chi connectivity index (χ1v) is 6.62. The highest BCUT2D eigenvalue weighted by Crippen LogP contribution is 2.19. The molecule has 2 atom stereocenters. The first-order chi connectivity index (χ1) is 10.3. The summed E-state index contributed by atoms with van der Waals surface area (Å²) in [5.41, 5.74) is -0.0465. The predicted octanol–water partition coefficient (Wildman–Crippen LogP) is 1.43. The van der Waals surface area contributed by atoms with E-state index in [1.807, 2.05) is 0 Å². The number of hydrogen-bond acceptors (Lipinski definition) is 6. The third-order valence-corrected chi connectivity index (χ3v) is 2.76. The van der Waals surface area contributed by atoms with Crippen molar-refractivity contribution < 1.29 is 24.0 Å². The Morgan fingerprint density at radius 1 is 1.27 bits per heavy atom. The van der Waals surface area contributed by atoms with Gasteiger partial charge in [-0.15, -0.1) is 0 Å². The van der Waals surface area contributed by atoms with Gasteiger partial charge in [-0.05, 0) is 19.1 Å². The maximum atomic E-state index is 11.1. The maximum Gasteiger partial charge on any atom is 0.303 e. The van der Waals surface area contributed by atoms with Crippen LogP contribution in [0.2, 0.25) is 0 Å². The Kier molecular flexibility index (Phi) is 6.30.